The molecule has 0 saturated carbocycles. The summed E-state index contributed by atoms with van der Waals surface area (Å²) in [7, 11) is 0. The number of carbonyl (C=O) groups is 2. The zero-order valence-corrected chi connectivity index (χ0v) is 31.2. The molecule has 0 aromatic carbocycles. The summed E-state index contributed by atoms with van der Waals surface area (Å²) in [5, 5.41) is 34.1. The summed E-state index contributed by atoms with van der Waals surface area (Å²) in [6.07, 6.45) is 39.6. The third kappa shape index (κ3) is 58.4. The van der Waals surface area contributed by atoms with Gasteiger partial charge in [-0.3, -0.25) is 9.59 Å². The van der Waals surface area contributed by atoms with Gasteiger partial charge in [-0.2, -0.15) is 0 Å². The first-order valence-electron chi connectivity index (χ1n) is 20.1. The molecule has 0 spiro atoms. The highest BCUT2D eigenvalue weighted by molar-refractivity contribution is 5.66. The largest absolute Gasteiger partial charge is 0.481 e. The first-order valence-corrected chi connectivity index (χ1v) is 20.1. The molecule has 0 aliphatic rings. The van der Waals surface area contributed by atoms with Crippen molar-refractivity contribution in [1.82, 2.24) is 0 Å². The van der Waals surface area contributed by atoms with Gasteiger partial charge in [0.1, 0.15) is 0 Å². The highest BCUT2D eigenvalue weighted by atomic mass is 16.5. The van der Waals surface area contributed by atoms with Gasteiger partial charge in [0.25, 0.3) is 0 Å². The molecule has 0 aromatic rings. The fourth-order valence-corrected chi connectivity index (χ4v) is 5.52. The first kappa shape index (κ1) is 49.2. The molecule has 0 heterocycles. The van der Waals surface area contributed by atoms with Crippen LogP contribution in [0, 0.1) is 0 Å². The van der Waals surface area contributed by atoms with Crippen LogP contribution in [-0.4, -0.2) is 38.7 Å². The molecule has 0 atom stereocenters. The molecule has 6 nitrogen and oxygen atoms in total. The zero-order chi connectivity index (χ0) is 34.8. The Hall–Kier alpha value is -1.14. The van der Waals surface area contributed by atoms with Crippen LogP contribution in [-0.2, 0) is 9.59 Å². The van der Waals surface area contributed by atoms with Crippen molar-refractivity contribution >= 4 is 11.9 Å². The lowest BCUT2D eigenvalue weighted by atomic mass is 10.1. The molecule has 0 aliphatic carbocycles. The quantitative estimate of drug-likeness (QED) is 0.0404. The molecule has 0 radical (unpaired) electrons. The summed E-state index contributed by atoms with van der Waals surface area (Å²) in [6, 6.07) is 0. The second-order valence-corrected chi connectivity index (χ2v) is 13.5. The lowest BCUT2D eigenvalue weighted by molar-refractivity contribution is -0.138. The summed E-state index contributed by atoms with van der Waals surface area (Å²) >= 11 is 0. The molecule has 0 aromatic heterocycles. The van der Waals surface area contributed by atoms with Crippen molar-refractivity contribution in [1.29, 1.82) is 0 Å². The van der Waals surface area contributed by atoms with Crippen LogP contribution in [0.1, 0.15) is 239 Å². The molecule has 0 saturated heterocycles. The van der Waals surface area contributed by atoms with Crippen molar-refractivity contribution in [3.63, 3.8) is 0 Å². The van der Waals surface area contributed by atoms with Crippen molar-refractivity contribution < 1.29 is 30.0 Å². The van der Waals surface area contributed by atoms with Gasteiger partial charge in [-0.05, 0) is 25.7 Å². The SMILES string of the molecule is CCCCCCCCCCCC(O)O.CCCCCCCCCCCCCC(=O)O.CCCCCCCCCCCCCC(=O)O. The number of rotatable bonds is 34. The van der Waals surface area contributed by atoms with E-state index < -0.39 is 18.2 Å². The Morgan fingerprint density at radius 1 is 0.348 bits per heavy atom. The Kier molecular flexibility index (Phi) is 49.2. The molecular weight excluding hydrogens is 576 g/mol. The lowest BCUT2D eigenvalue weighted by Gasteiger charge is -2.03. The fourth-order valence-electron chi connectivity index (χ4n) is 5.52. The van der Waals surface area contributed by atoms with E-state index in [0.29, 0.717) is 19.3 Å². The van der Waals surface area contributed by atoms with Crippen molar-refractivity contribution in [2.45, 2.75) is 245 Å². The van der Waals surface area contributed by atoms with E-state index in [9.17, 15) is 9.59 Å². The Balaban J connectivity index is -0.000000605. The number of aliphatic carboxylic acids is 2. The maximum atomic E-state index is 10.3. The average Bonchev–Trinajstić information content (AvgIpc) is 3.02. The van der Waals surface area contributed by atoms with E-state index in [1.54, 1.807) is 0 Å². The van der Waals surface area contributed by atoms with Crippen LogP contribution in [0.4, 0.5) is 0 Å². The molecule has 0 amide bonds. The monoisotopic (exact) mass is 659 g/mol. The highest BCUT2D eigenvalue weighted by Gasteiger charge is 1.99. The minimum Gasteiger partial charge on any atom is -0.481 e. The van der Waals surface area contributed by atoms with Crippen molar-refractivity contribution in [2.24, 2.45) is 0 Å². The Morgan fingerprint density at radius 3 is 0.739 bits per heavy atom. The first-order chi connectivity index (χ1) is 22.3. The van der Waals surface area contributed by atoms with Crippen molar-refractivity contribution in [3.05, 3.63) is 0 Å². The van der Waals surface area contributed by atoms with Gasteiger partial charge in [0, 0.05) is 12.8 Å². The van der Waals surface area contributed by atoms with E-state index in [-0.39, 0.29) is 0 Å². The van der Waals surface area contributed by atoms with Gasteiger partial charge in [0.2, 0.25) is 0 Å². The van der Waals surface area contributed by atoms with Gasteiger partial charge in [0.15, 0.2) is 6.29 Å². The van der Waals surface area contributed by atoms with Crippen molar-refractivity contribution in [2.75, 3.05) is 0 Å². The predicted molar refractivity (Wildman–Crippen MR) is 197 cm³/mol. The maximum Gasteiger partial charge on any atom is 0.303 e. The lowest BCUT2D eigenvalue weighted by Crippen LogP contribution is -2.02. The molecule has 4 N–H and O–H groups in total. The van der Waals surface area contributed by atoms with Crippen LogP contribution in [0.15, 0.2) is 0 Å². The summed E-state index contributed by atoms with van der Waals surface area (Å²) < 4.78 is 0. The molecule has 278 valence electrons. The molecule has 0 bridgehead atoms. The summed E-state index contributed by atoms with van der Waals surface area (Å²) in [4.78, 5) is 20.5. The number of aliphatic hydroxyl groups excluding tert-OH is 1. The zero-order valence-electron chi connectivity index (χ0n) is 31.2. The second-order valence-electron chi connectivity index (χ2n) is 13.5. The summed E-state index contributed by atoms with van der Waals surface area (Å²) in [6.45, 7) is 6.73. The predicted octanol–water partition coefficient (Wildman–Crippen LogP) is 12.8. The van der Waals surface area contributed by atoms with Gasteiger partial charge in [-0.1, -0.05) is 201 Å². The topological polar surface area (TPSA) is 115 Å². The summed E-state index contributed by atoms with van der Waals surface area (Å²) in [5.74, 6) is -1.31. The standard InChI is InChI=1S/2C14H28O2.C12H26O2/c2*1-2-3-4-5-6-7-8-9-10-11-12-13-14(15)16;1-2-3-4-5-6-7-8-9-10-11-12(13)14/h2*2-13H2,1H3,(H,15,16);12-14H,2-11H2,1H3. The van der Waals surface area contributed by atoms with Crippen LogP contribution in [0.5, 0.6) is 0 Å². The number of carboxylic acid groups (broad SMARTS) is 2. The molecular formula is C40H82O6. The molecule has 0 unspecified atom stereocenters. The fraction of sp³-hybridized carbons (Fsp3) is 0.950. The third-order valence-corrected chi connectivity index (χ3v) is 8.55. The van der Waals surface area contributed by atoms with E-state index in [2.05, 4.69) is 20.8 Å². The van der Waals surface area contributed by atoms with Crippen LogP contribution < -0.4 is 0 Å². The summed E-state index contributed by atoms with van der Waals surface area (Å²) in [5.41, 5.74) is 0. The van der Waals surface area contributed by atoms with E-state index in [1.165, 1.54) is 161 Å². The number of hydrogen-bond donors (Lipinski definition) is 4. The normalized spacial score (nSPS) is 10.7. The number of aliphatic hydroxyl groups is 2. The second kappa shape index (κ2) is 46.0. The number of hydrogen-bond acceptors (Lipinski definition) is 4. The average molecular weight is 659 g/mol. The van der Waals surface area contributed by atoms with E-state index in [4.69, 9.17) is 20.4 Å². The van der Waals surface area contributed by atoms with Gasteiger partial charge < -0.3 is 20.4 Å². The van der Waals surface area contributed by atoms with Gasteiger partial charge in [-0.25, -0.2) is 0 Å². The van der Waals surface area contributed by atoms with Crippen LogP contribution in [0.2, 0.25) is 0 Å². The van der Waals surface area contributed by atoms with Gasteiger partial charge >= 0.3 is 11.9 Å². The minimum absolute atomic E-state index is 0.344. The third-order valence-electron chi connectivity index (χ3n) is 8.55. The van der Waals surface area contributed by atoms with E-state index in [1.807, 2.05) is 0 Å². The van der Waals surface area contributed by atoms with Crippen LogP contribution >= 0.6 is 0 Å². The van der Waals surface area contributed by atoms with Crippen LogP contribution in [0.3, 0.4) is 0 Å². The van der Waals surface area contributed by atoms with Gasteiger partial charge in [0.05, 0.1) is 0 Å². The maximum absolute atomic E-state index is 10.3. The highest BCUT2D eigenvalue weighted by Crippen LogP contribution is 2.13. The van der Waals surface area contributed by atoms with Gasteiger partial charge in [-0.15, -0.1) is 0 Å². The molecule has 46 heavy (non-hydrogen) atoms. The molecule has 0 aliphatic heterocycles. The molecule has 0 fully saturated rings. The van der Waals surface area contributed by atoms with E-state index in [0.717, 1.165) is 38.5 Å². The Bertz CT molecular complexity index is 530. The van der Waals surface area contributed by atoms with Crippen molar-refractivity contribution in [3.8, 4) is 0 Å². The smallest absolute Gasteiger partial charge is 0.303 e. The minimum atomic E-state index is -1.10. The molecule has 6 heteroatoms. The Morgan fingerprint density at radius 2 is 0.543 bits per heavy atom. The molecule has 0 rings (SSSR count). The Labute approximate surface area is 286 Å². The number of unbranched alkanes of at least 4 members (excludes halogenated alkanes) is 28. The van der Waals surface area contributed by atoms with E-state index >= 15 is 0 Å². The van der Waals surface area contributed by atoms with Crippen LogP contribution in [0.25, 0.3) is 0 Å². The number of carboxylic acids is 2.